The Morgan fingerprint density at radius 2 is 2.04 bits per heavy atom. The minimum absolute atomic E-state index is 0.0240. The van der Waals surface area contributed by atoms with Gasteiger partial charge >= 0.3 is 5.97 Å². The quantitative estimate of drug-likeness (QED) is 0.689. The van der Waals surface area contributed by atoms with Gasteiger partial charge in [-0.1, -0.05) is 6.92 Å². The molecule has 5 aliphatic carbocycles. The molecule has 0 aromatic carbocycles. The molecule has 6 rings (SSSR count). The number of allylic oxidation sites excluding steroid dienone is 1. The fourth-order valence-corrected chi connectivity index (χ4v) is 9.01. The third-order valence-electron chi connectivity index (χ3n) is 9.83. The highest BCUT2D eigenvalue weighted by molar-refractivity contribution is 5.94. The molecular formula is C23H31NO3. The molecule has 2 N–H and O–H groups in total. The first kappa shape index (κ1) is 16.8. The maximum Gasteiger partial charge on any atom is 0.306 e. The standard InChI is InChI=1S/C23H31NO3/c1-2-22-7-5-14-13-4-3-12(24)9-15(13)19(25)11-16(14)21(22)17-10-18(17)23(22)8-6-20(26)27-23/h9,13-14,16-19,21,24-25H,2-8,10-11H2,1H3/t13-,14?,16?,17?,18?,19?,21?,22+,23+/m1/s1. The van der Waals surface area contributed by atoms with E-state index in [4.69, 9.17) is 10.1 Å². The van der Waals surface area contributed by atoms with E-state index in [1.54, 1.807) is 0 Å². The molecule has 0 amide bonds. The molecule has 0 bridgehead atoms. The van der Waals surface area contributed by atoms with Crippen LogP contribution in [0, 0.1) is 46.3 Å². The first-order valence-corrected chi connectivity index (χ1v) is 11.2. The number of aliphatic hydroxyl groups excluding tert-OH is 1. The maximum absolute atomic E-state index is 12.2. The van der Waals surface area contributed by atoms with E-state index < -0.39 is 0 Å². The van der Waals surface area contributed by atoms with Gasteiger partial charge in [-0.25, -0.2) is 0 Å². The maximum atomic E-state index is 12.2. The number of ether oxygens (including phenoxy) is 1. The van der Waals surface area contributed by atoms with Crippen molar-refractivity contribution in [3.63, 3.8) is 0 Å². The molecule has 4 heteroatoms. The highest BCUT2D eigenvalue weighted by Gasteiger charge is 2.79. The summed E-state index contributed by atoms with van der Waals surface area (Å²) in [5, 5.41) is 19.0. The Hall–Kier alpha value is -1.16. The molecule has 146 valence electrons. The van der Waals surface area contributed by atoms with Gasteiger partial charge in [-0.3, -0.25) is 4.79 Å². The van der Waals surface area contributed by atoms with Crippen LogP contribution in [-0.2, 0) is 9.53 Å². The zero-order valence-corrected chi connectivity index (χ0v) is 16.2. The monoisotopic (exact) mass is 369 g/mol. The fourth-order valence-electron chi connectivity index (χ4n) is 9.01. The number of carbonyl (C=O) groups excluding carboxylic acids is 1. The molecule has 4 saturated carbocycles. The molecule has 1 spiro atoms. The number of aliphatic hydroxyl groups is 1. The Morgan fingerprint density at radius 1 is 1.19 bits per heavy atom. The second-order valence-electron chi connectivity index (χ2n) is 10.3. The molecule has 5 fully saturated rings. The fraction of sp³-hybridized carbons (Fsp3) is 0.826. The molecule has 1 saturated heterocycles. The summed E-state index contributed by atoms with van der Waals surface area (Å²) in [6, 6.07) is 0. The summed E-state index contributed by atoms with van der Waals surface area (Å²) in [5.74, 6) is 3.64. The first-order chi connectivity index (χ1) is 13.0. The highest BCUT2D eigenvalue weighted by atomic mass is 16.6. The molecule has 9 atom stereocenters. The number of hydrogen-bond donors (Lipinski definition) is 2. The zero-order valence-electron chi connectivity index (χ0n) is 16.2. The van der Waals surface area contributed by atoms with Crippen molar-refractivity contribution in [1.29, 1.82) is 5.41 Å². The lowest BCUT2D eigenvalue weighted by Gasteiger charge is -2.59. The van der Waals surface area contributed by atoms with Crippen LogP contribution in [0.3, 0.4) is 0 Å². The summed E-state index contributed by atoms with van der Waals surface area (Å²) in [4.78, 5) is 12.2. The molecule has 0 radical (unpaired) electrons. The average Bonchev–Trinajstić information content (AvgIpc) is 3.30. The summed E-state index contributed by atoms with van der Waals surface area (Å²) in [7, 11) is 0. The summed E-state index contributed by atoms with van der Waals surface area (Å²) >= 11 is 0. The SMILES string of the molecule is CC[C@]12CCC3C(CC(O)C4=CC(=N)CC[C@@H]43)C1C1CC1[C@@]21CCC(=O)O1. The minimum atomic E-state index is -0.371. The molecule has 1 heterocycles. The van der Waals surface area contributed by atoms with E-state index >= 15 is 0 Å². The molecule has 6 unspecified atom stereocenters. The summed E-state index contributed by atoms with van der Waals surface area (Å²) in [5.41, 5.74) is 1.81. The first-order valence-electron chi connectivity index (χ1n) is 11.2. The number of esters is 1. The Labute approximate surface area is 161 Å². The van der Waals surface area contributed by atoms with Gasteiger partial charge in [0.1, 0.15) is 5.60 Å². The molecule has 0 aromatic rings. The summed E-state index contributed by atoms with van der Waals surface area (Å²) < 4.78 is 6.21. The molecule has 6 aliphatic rings. The third-order valence-corrected chi connectivity index (χ3v) is 9.83. The number of nitrogens with one attached hydrogen (secondary N) is 1. The van der Waals surface area contributed by atoms with Crippen molar-refractivity contribution in [3.05, 3.63) is 11.6 Å². The minimum Gasteiger partial charge on any atom is -0.458 e. The Bertz CT molecular complexity index is 759. The van der Waals surface area contributed by atoms with Crippen LogP contribution >= 0.6 is 0 Å². The van der Waals surface area contributed by atoms with Crippen LogP contribution in [0.4, 0.5) is 0 Å². The Morgan fingerprint density at radius 3 is 2.78 bits per heavy atom. The number of rotatable bonds is 1. The van der Waals surface area contributed by atoms with Gasteiger partial charge in [0.15, 0.2) is 0 Å². The van der Waals surface area contributed by atoms with Crippen LogP contribution in [0.15, 0.2) is 11.6 Å². The Kier molecular flexibility index (Phi) is 3.26. The molecule has 1 aliphatic heterocycles. The van der Waals surface area contributed by atoms with Crippen molar-refractivity contribution in [2.75, 3.05) is 0 Å². The molecule has 0 aromatic heterocycles. The van der Waals surface area contributed by atoms with Gasteiger partial charge in [-0.2, -0.15) is 0 Å². The second kappa shape index (κ2) is 5.25. The van der Waals surface area contributed by atoms with Crippen LogP contribution in [0.5, 0.6) is 0 Å². The van der Waals surface area contributed by atoms with Gasteiger partial charge in [-0.15, -0.1) is 0 Å². The van der Waals surface area contributed by atoms with Crippen molar-refractivity contribution >= 4 is 11.7 Å². The normalized spacial score (nSPS) is 55.3. The summed E-state index contributed by atoms with van der Waals surface area (Å²) in [6.07, 6.45) is 10.7. The van der Waals surface area contributed by atoms with E-state index in [1.807, 2.05) is 6.08 Å². The van der Waals surface area contributed by atoms with Crippen LogP contribution < -0.4 is 0 Å². The van der Waals surface area contributed by atoms with Crippen molar-refractivity contribution in [3.8, 4) is 0 Å². The van der Waals surface area contributed by atoms with E-state index in [9.17, 15) is 9.90 Å². The van der Waals surface area contributed by atoms with Crippen LogP contribution in [0.2, 0.25) is 0 Å². The van der Waals surface area contributed by atoms with Crippen molar-refractivity contribution in [1.82, 2.24) is 0 Å². The van der Waals surface area contributed by atoms with E-state index in [0.29, 0.717) is 47.6 Å². The number of carbonyl (C=O) groups is 1. The van der Waals surface area contributed by atoms with E-state index in [1.165, 1.54) is 19.3 Å². The van der Waals surface area contributed by atoms with Gasteiger partial charge in [0.25, 0.3) is 0 Å². The lowest BCUT2D eigenvalue weighted by molar-refractivity contribution is -0.180. The number of hydrogen-bond acceptors (Lipinski definition) is 4. The zero-order chi connectivity index (χ0) is 18.6. The highest BCUT2D eigenvalue weighted by Crippen LogP contribution is 2.79. The average molecular weight is 370 g/mol. The lowest BCUT2D eigenvalue weighted by atomic mass is 9.47. The van der Waals surface area contributed by atoms with Crippen LogP contribution in [-0.4, -0.2) is 28.5 Å². The van der Waals surface area contributed by atoms with E-state index in [-0.39, 0.29) is 23.1 Å². The predicted octanol–water partition coefficient (Wildman–Crippen LogP) is 3.87. The third kappa shape index (κ3) is 1.89. The van der Waals surface area contributed by atoms with Gasteiger partial charge in [0, 0.05) is 23.5 Å². The van der Waals surface area contributed by atoms with Gasteiger partial charge in [0.05, 0.1) is 6.10 Å². The second-order valence-corrected chi connectivity index (χ2v) is 10.3. The Balaban J connectivity index is 1.41. The van der Waals surface area contributed by atoms with E-state index in [0.717, 1.165) is 37.7 Å². The summed E-state index contributed by atoms with van der Waals surface area (Å²) in [6.45, 7) is 2.32. The number of fused-ring (bicyclic) bond motifs is 9. The van der Waals surface area contributed by atoms with Gasteiger partial charge < -0.3 is 15.3 Å². The van der Waals surface area contributed by atoms with Crippen molar-refractivity contribution < 1.29 is 14.6 Å². The van der Waals surface area contributed by atoms with E-state index in [2.05, 4.69) is 6.92 Å². The lowest BCUT2D eigenvalue weighted by Crippen LogP contribution is -2.57. The topological polar surface area (TPSA) is 70.4 Å². The molecule has 4 nitrogen and oxygen atoms in total. The van der Waals surface area contributed by atoms with Gasteiger partial charge in [0.2, 0.25) is 0 Å². The van der Waals surface area contributed by atoms with Gasteiger partial charge in [-0.05, 0) is 92.6 Å². The predicted molar refractivity (Wildman–Crippen MR) is 101 cm³/mol. The smallest absolute Gasteiger partial charge is 0.306 e. The van der Waals surface area contributed by atoms with Crippen molar-refractivity contribution in [2.24, 2.45) is 40.9 Å². The van der Waals surface area contributed by atoms with Crippen LogP contribution in [0.25, 0.3) is 0 Å². The molecular weight excluding hydrogens is 338 g/mol. The molecule has 27 heavy (non-hydrogen) atoms. The largest absolute Gasteiger partial charge is 0.458 e. The van der Waals surface area contributed by atoms with Crippen LogP contribution in [0.1, 0.15) is 64.7 Å². The van der Waals surface area contributed by atoms with Crippen molar-refractivity contribution in [2.45, 2.75) is 76.4 Å².